The molecular weight excluding hydrogens is 440 g/mol. The summed E-state index contributed by atoms with van der Waals surface area (Å²) in [4.78, 5) is 28.1. The molecule has 1 atom stereocenters. The van der Waals surface area contributed by atoms with Gasteiger partial charge in [0.05, 0.1) is 6.61 Å². The number of anilines is 3. The molecule has 0 spiro atoms. The fourth-order valence-corrected chi connectivity index (χ4v) is 3.93. The normalized spacial score (nSPS) is 12.4. The van der Waals surface area contributed by atoms with Gasteiger partial charge < -0.3 is 25.4 Å². The molecule has 3 aromatic rings. The molecule has 0 aromatic carbocycles. The number of thiazole rings is 1. The van der Waals surface area contributed by atoms with Crippen molar-refractivity contribution in [3.8, 4) is 0 Å². The molecule has 3 rings (SSSR count). The van der Waals surface area contributed by atoms with Gasteiger partial charge in [-0.25, -0.2) is 19.7 Å². The van der Waals surface area contributed by atoms with Crippen molar-refractivity contribution in [2.24, 2.45) is 0 Å². The topological polar surface area (TPSA) is 112 Å². The molecule has 0 radical (unpaired) electrons. The number of carbonyl (C=O) groups is 1. The van der Waals surface area contributed by atoms with E-state index in [1.807, 2.05) is 39.0 Å². The number of amides is 1. The Balaban J connectivity index is 1.66. The van der Waals surface area contributed by atoms with Crippen LogP contribution >= 0.6 is 11.3 Å². The molecule has 33 heavy (non-hydrogen) atoms. The Hall–Kier alpha value is -2.98. The largest absolute Gasteiger partial charge is 0.444 e. The lowest BCUT2D eigenvalue weighted by atomic mass is 10.1. The van der Waals surface area contributed by atoms with E-state index in [1.54, 1.807) is 24.2 Å². The molecule has 0 aliphatic carbocycles. The number of aliphatic hydroxyl groups excluding tert-OH is 1. The van der Waals surface area contributed by atoms with Crippen molar-refractivity contribution in [3.63, 3.8) is 0 Å². The standard InChI is InChI=1S/C23H32N6O3S/c1-6-16(9-11-29(5)22(31)32-23(2,3)4)25-18-12-15(14-30)13-19(27-18)28-21-26-17-8-7-10-24-20(17)33-21/h7-8,10,12-13,16,30H,6,9,11,14H2,1-5H3,(H2,25,26,27,28). The zero-order valence-corrected chi connectivity index (χ0v) is 20.6. The van der Waals surface area contributed by atoms with Crippen molar-refractivity contribution in [1.82, 2.24) is 19.9 Å². The van der Waals surface area contributed by atoms with Gasteiger partial charge >= 0.3 is 6.09 Å². The van der Waals surface area contributed by atoms with Gasteiger partial charge in [0.1, 0.15) is 27.6 Å². The van der Waals surface area contributed by atoms with Crippen LogP contribution in [0.3, 0.4) is 0 Å². The smallest absolute Gasteiger partial charge is 0.410 e. The van der Waals surface area contributed by atoms with Crippen molar-refractivity contribution in [3.05, 3.63) is 36.0 Å². The lowest BCUT2D eigenvalue weighted by Gasteiger charge is -2.26. The van der Waals surface area contributed by atoms with Crippen molar-refractivity contribution >= 4 is 44.5 Å². The minimum Gasteiger partial charge on any atom is -0.444 e. The SMILES string of the molecule is CCC(CCN(C)C(=O)OC(C)(C)C)Nc1cc(CO)cc(Nc2nc3cccnc3s2)n1. The molecular formula is C23H32N6O3S. The minimum atomic E-state index is -0.523. The third kappa shape index (κ3) is 7.26. The van der Waals surface area contributed by atoms with Crippen LogP contribution in [0.2, 0.25) is 0 Å². The highest BCUT2D eigenvalue weighted by molar-refractivity contribution is 7.21. The number of aromatic nitrogens is 3. The predicted molar refractivity (Wildman–Crippen MR) is 132 cm³/mol. The number of pyridine rings is 2. The number of aliphatic hydroxyl groups is 1. The monoisotopic (exact) mass is 472 g/mol. The number of hydrogen-bond acceptors (Lipinski definition) is 9. The number of nitrogens with zero attached hydrogens (tertiary/aromatic N) is 4. The predicted octanol–water partition coefficient (Wildman–Crippen LogP) is 4.77. The van der Waals surface area contributed by atoms with Crippen LogP contribution in [-0.2, 0) is 11.3 Å². The van der Waals surface area contributed by atoms with E-state index in [-0.39, 0.29) is 18.7 Å². The maximum absolute atomic E-state index is 12.2. The van der Waals surface area contributed by atoms with E-state index in [9.17, 15) is 9.90 Å². The van der Waals surface area contributed by atoms with Crippen molar-refractivity contribution in [1.29, 1.82) is 0 Å². The summed E-state index contributed by atoms with van der Waals surface area (Å²) in [6.07, 6.45) is 2.97. The van der Waals surface area contributed by atoms with Crippen LogP contribution in [0.1, 0.15) is 46.1 Å². The second-order valence-corrected chi connectivity index (χ2v) is 9.79. The Morgan fingerprint density at radius 2 is 2.03 bits per heavy atom. The lowest BCUT2D eigenvalue weighted by molar-refractivity contribution is 0.0295. The van der Waals surface area contributed by atoms with E-state index in [1.165, 1.54) is 11.3 Å². The molecule has 9 nitrogen and oxygen atoms in total. The fourth-order valence-electron chi connectivity index (χ4n) is 3.12. The van der Waals surface area contributed by atoms with E-state index < -0.39 is 5.60 Å². The van der Waals surface area contributed by atoms with Crippen LogP contribution in [0.5, 0.6) is 0 Å². The van der Waals surface area contributed by atoms with Gasteiger partial charge in [0.2, 0.25) is 0 Å². The molecule has 0 aliphatic heterocycles. The van der Waals surface area contributed by atoms with E-state index in [4.69, 9.17) is 4.74 Å². The molecule has 0 bridgehead atoms. The summed E-state index contributed by atoms with van der Waals surface area (Å²) in [6.45, 7) is 8.08. The van der Waals surface area contributed by atoms with Crippen molar-refractivity contribution < 1.29 is 14.6 Å². The lowest BCUT2D eigenvalue weighted by Crippen LogP contribution is -2.36. The number of carbonyl (C=O) groups excluding carboxylic acids is 1. The van der Waals surface area contributed by atoms with Gasteiger partial charge in [0, 0.05) is 25.8 Å². The molecule has 10 heteroatoms. The molecule has 1 unspecified atom stereocenters. The van der Waals surface area contributed by atoms with Crippen LogP contribution in [0.4, 0.5) is 21.6 Å². The maximum atomic E-state index is 12.2. The van der Waals surface area contributed by atoms with Crippen molar-refractivity contribution in [2.45, 2.75) is 58.8 Å². The molecule has 1 amide bonds. The van der Waals surface area contributed by atoms with E-state index in [0.29, 0.717) is 23.3 Å². The van der Waals surface area contributed by atoms with Crippen LogP contribution < -0.4 is 10.6 Å². The van der Waals surface area contributed by atoms with Gasteiger partial charge in [0.25, 0.3) is 0 Å². The number of nitrogens with one attached hydrogen (secondary N) is 2. The van der Waals surface area contributed by atoms with Crippen LogP contribution in [0.25, 0.3) is 10.3 Å². The van der Waals surface area contributed by atoms with Gasteiger partial charge in [-0.15, -0.1) is 0 Å². The molecule has 0 saturated carbocycles. The second kappa shape index (κ2) is 10.8. The minimum absolute atomic E-state index is 0.0934. The zero-order chi connectivity index (χ0) is 24.0. The molecule has 0 fully saturated rings. The molecule has 0 saturated heterocycles. The van der Waals surface area contributed by atoms with Gasteiger partial charge in [-0.3, -0.25) is 0 Å². The Labute approximate surface area is 198 Å². The summed E-state index contributed by atoms with van der Waals surface area (Å²) >= 11 is 1.44. The third-order valence-electron chi connectivity index (χ3n) is 4.83. The molecule has 3 aromatic heterocycles. The fraction of sp³-hybridized carbons (Fsp3) is 0.478. The van der Waals surface area contributed by atoms with Gasteiger partial charge in [0.15, 0.2) is 5.13 Å². The molecule has 3 N–H and O–H groups in total. The van der Waals surface area contributed by atoms with E-state index in [2.05, 4.69) is 32.5 Å². The summed E-state index contributed by atoms with van der Waals surface area (Å²) < 4.78 is 5.42. The van der Waals surface area contributed by atoms with Crippen molar-refractivity contribution in [2.75, 3.05) is 24.2 Å². The third-order valence-corrected chi connectivity index (χ3v) is 5.73. The summed E-state index contributed by atoms with van der Waals surface area (Å²) in [5, 5.41) is 17.1. The van der Waals surface area contributed by atoms with Gasteiger partial charge in [-0.2, -0.15) is 0 Å². The highest BCUT2D eigenvalue weighted by Gasteiger charge is 2.20. The Morgan fingerprint density at radius 1 is 1.27 bits per heavy atom. The highest BCUT2D eigenvalue weighted by Crippen LogP contribution is 2.27. The Morgan fingerprint density at radius 3 is 2.70 bits per heavy atom. The zero-order valence-electron chi connectivity index (χ0n) is 19.8. The number of fused-ring (bicyclic) bond motifs is 1. The second-order valence-electron chi connectivity index (χ2n) is 8.82. The Kier molecular flexibility index (Phi) is 8.04. The first-order valence-electron chi connectivity index (χ1n) is 11.0. The summed E-state index contributed by atoms with van der Waals surface area (Å²) in [7, 11) is 1.74. The van der Waals surface area contributed by atoms with Crippen LogP contribution in [0.15, 0.2) is 30.5 Å². The molecule has 178 valence electrons. The average Bonchev–Trinajstić information content (AvgIpc) is 3.17. The summed E-state index contributed by atoms with van der Waals surface area (Å²) in [5.74, 6) is 1.24. The number of ether oxygens (including phenoxy) is 1. The van der Waals surface area contributed by atoms with Crippen LogP contribution in [-0.4, -0.2) is 56.3 Å². The summed E-state index contributed by atoms with van der Waals surface area (Å²) in [6, 6.07) is 7.47. The first kappa shape index (κ1) is 24.7. The van der Waals surface area contributed by atoms with E-state index >= 15 is 0 Å². The number of hydrogen-bond donors (Lipinski definition) is 3. The number of rotatable bonds is 9. The average molecular weight is 473 g/mol. The molecule has 3 heterocycles. The Bertz CT molecular complexity index is 1050. The maximum Gasteiger partial charge on any atom is 0.410 e. The van der Waals surface area contributed by atoms with Gasteiger partial charge in [-0.1, -0.05) is 18.3 Å². The quantitative estimate of drug-likeness (QED) is 0.408. The summed E-state index contributed by atoms with van der Waals surface area (Å²) in [5.41, 5.74) is 1.03. The highest BCUT2D eigenvalue weighted by atomic mass is 32.1. The van der Waals surface area contributed by atoms with Crippen LogP contribution in [0, 0.1) is 0 Å². The van der Waals surface area contributed by atoms with E-state index in [0.717, 1.165) is 28.8 Å². The molecule has 0 aliphatic rings. The first-order chi connectivity index (χ1) is 15.7. The first-order valence-corrected chi connectivity index (χ1v) is 11.8. The van der Waals surface area contributed by atoms with Gasteiger partial charge in [-0.05, 0) is 63.4 Å².